The van der Waals surface area contributed by atoms with Gasteiger partial charge in [-0.1, -0.05) is 32.9 Å². The molecule has 0 amide bonds. The van der Waals surface area contributed by atoms with Gasteiger partial charge >= 0.3 is 0 Å². The second-order valence-corrected chi connectivity index (χ2v) is 12.6. The number of alkyl halides is 1. The number of hydrogen-bond acceptors (Lipinski definition) is 10. The van der Waals surface area contributed by atoms with Crippen molar-refractivity contribution in [2.24, 2.45) is 5.41 Å². The molecular formula is C30H30FN9S. The maximum atomic E-state index is 13.9. The van der Waals surface area contributed by atoms with E-state index in [9.17, 15) is 14.9 Å². The Hall–Kier alpha value is -4.45. The number of hydrogen-bond donors (Lipinski definition) is 4. The van der Waals surface area contributed by atoms with E-state index in [-0.39, 0.29) is 11.5 Å². The molecule has 4 aromatic rings. The number of benzene rings is 2. The highest BCUT2D eigenvalue weighted by atomic mass is 32.1. The van der Waals surface area contributed by atoms with E-state index >= 15 is 0 Å². The van der Waals surface area contributed by atoms with Crippen LogP contribution in [0.5, 0.6) is 0 Å². The predicted octanol–water partition coefficient (Wildman–Crippen LogP) is 5.87. The number of thiazole rings is 1. The number of nitrogens with one attached hydrogen (secondary N) is 4. The second-order valence-electron chi connectivity index (χ2n) is 11.8. The van der Waals surface area contributed by atoms with Crippen molar-refractivity contribution in [3.63, 3.8) is 0 Å². The minimum absolute atomic E-state index is 0.0349. The first-order chi connectivity index (χ1) is 19.7. The predicted molar refractivity (Wildman–Crippen MR) is 159 cm³/mol. The number of rotatable bonds is 8. The fourth-order valence-corrected chi connectivity index (χ4v) is 5.87. The zero-order valence-corrected chi connectivity index (χ0v) is 23.9. The molecule has 1 fully saturated rings. The van der Waals surface area contributed by atoms with Crippen LogP contribution >= 0.6 is 11.3 Å². The van der Waals surface area contributed by atoms with Gasteiger partial charge in [-0.3, -0.25) is 9.99 Å². The first-order valence-electron chi connectivity index (χ1n) is 13.4. The molecule has 1 aliphatic carbocycles. The summed E-state index contributed by atoms with van der Waals surface area (Å²) in [5.74, 6) is 0. The van der Waals surface area contributed by atoms with Gasteiger partial charge < -0.3 is 16.1 Å². The Bertz CT molecular complexity index is 1750. The summed E-state index contributed by atoms with van der Waals surface area (Å²) in [6.45, 7) is 6.53. The van der Waals surface area contributed by atoms with Gasteiger partial charge in [0.05, 0.1) is 55.3 Å². The molecule has 0 radical (unpaired) electrons. The molecule has 11 heteroatoms. The summed E-state index contributed by atoms with van der Waals surface area (Å²) in [6, 6.07) is 13.8. The number of halogens is 1. The molecule has 0 bridgehead atoms. The average molecular weight is 568 g/mol. The lowest BCUT2D eigenvalue weighted by molar-refractivity contribution is 0.146. The molecule has 0 spiro atoms. The van der Waals surface area contributed by atoms with E-state index in [0.29, 0.717) is 39.9 Å². The number of pyridine rings is 1. The number of fused-ring (bicyclic) bond motifs is 2. The first kappa shape index (κ1) is 26.8. The Morgan fingerprint density at radius 1 is 1.17 bits per heavy atom. The van der Waals surface area contributed by atoms with Gasteiger partial charge in [-0.25, -0.2) is 9.37 Å². The molecule has 2 aliphatic rings. The van der Waals surface area contributed by atoms with Crippen LogP contribution in [0.25, 0.3) is 21.1 Å². The minimum Gasteiger partial charge on any atom is -0.383 e. The summed E-state index contributed by atoms with van der Waals surface area (Å²) in [4.78, 5) is 8.97. The van der Waals surface area contributed by atoms with Crippen LogP contribution in [-0.2, 0) is 0 Å². The Morgan fingerprint density at radius 2 is 1.98 bits per heavy atom. The monoisotopic (exact) mass is 567 g/mol. The highest BCUT2D eigenvalue weighted by Crippen LogP contribution is 2.44. The molecule has 6 rings (SSSR count). The smallest absolute Gasteiger partial charge is 0.114 e. The van der Waals surface area contributed by atoms with Crippen LogP contribution in [0.1, 0.15) is 56.3 Å². The van der Waals surface area contributed by atoms with Crippen LogP contribution in [0.4, 0.5) is 15.8 Å². The Morgan fingerprint density at radius 3 is 2.68 bits per heavy atom. The van der Waals surface area contributed by atoms with Gasteiger partial charge in [-0.2, -0.15) is 10.5 Å². The Kier molecular flexibility index (Phi) is 6.65. The lowest BCUT2D eigenvalue weighted by Crippen LogP contribution is -2.46. The van der Waals surface area contributed by atoms with Crippen molar-refractivity contribution in [2.75, 3.05) is 23.9 Å². The molecule has 41 heavy (non-hydrogen) atoms. The Balaban J connectivity index is 1.47. The van der Waals surface area contributed by atoms with Crippen molar-refractivity contribution in [3.8, 4) is 12.1 Å². The molecule has 2 aromatic carbocycles. The van der Waals surface area contributed by atoms with Gasteiger partial charge in [0, 0.05) is 30.0 Å². The highest BCUT2D eigenvalue weighted by molar-refractivity contribution is 7.17. The summed E-state index contributed by atoms with van der Waals surface area (Å²) in [7, 11) is 0. The van der Waals surface area contributed by atoms with Crippen LogP contribution in [-0.4, -0.2) is 33.7 Å². The zero-order chi connectivity index (χ0) is 28.8. The summed E-state index contributed by atoms with van der Waals surface area (Å²) >= 11 is 1.55. The minimum atomic E-state index is -0.528. The lowest BCUT2D eigenvalue weighted by atomic mass is 9.96. The standard InChI is InChI=1S/C30H30FN9S/c1-29(2,3)16-35-26-19(12-33)13-34-25-18(11-32)9-20(10-22(25)26)37-27(21-5-4-6-23-28(21)41-17-36-23)24-14-40(39-38-24)30(15-31)7-8-30/h4-6,9-10,13-14,17,27,37-39H,7-8,15-16H2,1-3H3,(H,34,35)/t27-/m0/s1. The van der Waals surface area contributed by atoms with Crippen molar-refractivity contribution >= 4 is 43.8 Å². The van der Waals surface area contributed by atoms with E-state index < -0.39 is 12.2 Å². The van der Waals surface area contributed by atoms with Crippen molar-refractivity contribution in [1.29, 1.82) is 10.5 Å². The number of hydrazine groups is 2. The van der Waals surface area contributed by atoms with Crippen LogP contribution in [0.15, 0.2) is 53.9 Å². The van der Waals surface area contributed by atoms with Gasteiger partial charge in [-0.15, -0.1) is 16.9 Å². The molecular weight excluding hydrogens is 537 g/mol. The number of anilines is 2. The van der Waals surface area contributed by atoms with E-state index in [4.69, 9.17) is 0 Å². The summed E-state index contributed by atoms with van der Waals surface area (Å²) in [5.41, 5.74) is 13.0. The normalized spacial score (nSPS) is 16.5. The van der Waals surface area contributed by atoms with Crippen LogP contribution in [0.3, 0.4) is 0 Å². The fourth-order valence-electron chi connectivity index (χ4n) is 5.04. The number of nitrogens with zero attached hydrogens (tertiary/aromatic N) is 5. The van der Waals surface area contributed by atoms with Gasteiger partial charge in [0.15, 0.2) is 0 Å². The van der Waals surface area contributed by atoms with Crippen molar-refractivity contribution < 1.29 is 4.39 Å². The number of aromatic nitrogens is 2. The van der Waals surface area contributed by atoms with Gasteiger partial charge in [0.2, 0.25) is 0 Å². The molecule has 2 aromatic heterocycles. The number of nitriles is 2. The van der Waals surface area contributed by atoms with E-state index in [1.54, 1.807) is 17.4 Å². The van der Waals surface area contributed by atoms with Crippen LogP contribution in [0.2, 0.25) is 0 Å². The largest absolute Gasteiger partial charge is 0.383 e. The second kappa shape index (κ2) is 10.2. The van der Waals surface area contributed by atoms with Gasteiger partial charge in [0.1, 0.15) is 18.8 Å². The molecule has 1 atom stereocenters. The third kappa shape index (κ3) is 4.99. The average Bonchev–Trinajstić information content (AvgIpc) is 3.35. The van der Waals surface area contributed by atoms with E-state index in [1.165, 1.54) is 6.20 Å². The molecule has 4 N–H and O–H groups in total. The Labute approximate surface area is 241 Å². The van der Waals surface area contributed by atoms with Gasteiger partial charge in [0.25, 0.3) is 0 Å². The fraction of sp³-hybridized carbons (Fsp3) is 0.333. The molecule has 0 unspecified atom stereocenters. The third-order valence-electron chi connectivity index (χ3n) is 7.50. The molecule has 1 aliphatic heterocycles. The van der Waals surface area contributed by atoms with Crippen LogP contribution in [0, 0.1) is 28.1 Å². The van der Waals surface area contributed by atoms with E-state index in [1.807, 2.05) is 41.0 Å². The topological polar surface area (TPSA) is 125 Å². The summed E-state index contributed by atoms with van der Waals surface area (Å²) < 4.78 is 14.9. The van der Waals surface area contributed by atoms with E-state index in [2.05, 4.69) is 64.5 Å². The first-order valence-corrected chi connectivity index (χ1v) is 14.3. The third-order valence-corrected chi connectivity index (χ3v) is 8.39. The van der Waals surface area contributed by atoms with Gasteiger partial charge in [-0.05, 0) is 42.0 Å². The van der Waals surface area contributed by atoms with Crippen molar-refractivity contribution in [3.05, 3.63) is 70.6 Å². The maximum Gasteiger partial charge on any atom is 0.114 e. The summed E-state index contributed by atoms with van der Waals surface area (Å²) in [6.07, 6.45) is 4.99. The molecule has 1 saturated carbocycles. The molecule has 3 heterocycles. The van der Waals surface area contributed by atoms with Crippen LogP contribution < -0.4 is 21.6 Å². The molecule has 9 nitrogen and oxygen atoms in total. The van der Waals surface area contributed by atoms with E-state index in [0.717, 1.165) is 34.3 Å². The lowest BCUT2D eigenvalue weighted by Gasteiger charge is -2.24. The maximum absolute atomic E-state index is 13.9. The zero-order valence-electron chi connectivity index (χ0n) is 23.0. The van der Waals surface area contributed by atoms with Crippen molar-refractivity contribution in [2.45, 2.75) is 45.2 Å². The van der Waals surface area contributed by atoms with Crippen molar-refractivity contribution in [1.82, 2.24) is 25.9 Å². The highest BCUT2D eigenvalue weighted by Gasteiger charge is 2.49. The quantitative estimate of drug-likeness (QED) is 0.207. The molecule has 208 valence electrons. The summed E-state index contributed by atoms with van der Waals surface area (Å²) in [5, 5.41) is 29.5. The molecule has 0 saturated heterocycles. The SMILES string of the molecule is CC(C)(C)CNc1c(C#N)cnc2c(C#N)cc(N[C@H](C3=CN(C4(CF)CC4)NN3)c3cccc4ncsc34)cc12.